The first kappa shape index (κ1) is 102. The van der Waals surface area contributed by atoms with Gasteiger partial charge >= 0.3 is 0 Å². The Kier molecular flexibility index (Phi) is 24.9. The van der Waals surface area contributed by atoms with Crippen LogP contribution in [0.2, 0.25) is 0 Å². The first-order chi connectivity index (χ1) is 69.7. The normalized spacial score (nSPS) is 20.8. The van der Waals surface area contributed by atoms with Gasteiger partial charge in [0.05, 0.1) is 51.0 Å². The summed E-state index contributed by atoms with van der Waals surface area (Å²) in [5.74, 6) is -0.409. The molecule has 29 heteroatoms. The van der Waals surface area contributed by atoms with E-state index in [0.29, 0.717) is 136 Å². The number of rotatable bonds is 17. The molecule has 23 rings (SSSR count). The van der Waals surface area contributed by atoms with Crippen LogP contribution in [0.25, 0.3) is 89.4 Å². The van der Waals surface area contributed by atoms with Gasteiger partial charge in [-0.1, -0.05) is 76.2 Å². The van der Waals surface area contributed by atoms with Crippen molar-refractivity contribution in [2.75, 3.05) is 78.5 Å². The van der Waals surface area contributed by atoms with Gasteiger partial charge in [0.15, 0.2) is 45.4 Å². The number of halogens is 4. The minimum Gasteiger partial charge on any atom is -0.449 e. The Hall–Kier alpha value is -13.4. The predicted octanol–water partition coefficient (Wildman–Crippen LogP) is 22.8. The fourth-order valence-electron chi connectivity index (χ4n) is 22.5. The quantitative estimate of drug-likeness (QED) is 0.0765. The number of piperazine rings is 4. The van der Waals surface area contributed by atoms with Crippen LogP contribution in [-0.2, 0) is 40.8 Å². The fraction of sp³-hybridized carbons (Fsp3) is 0.487. The molecule has 0 unspecified atom stereocenters. The molecule has 0 N–H and O–H groups in total. The Balaban J connectivity index is 0.000000120. The molecule has 0 bridgehead atoms. The van der Waals surface area contributed by atoms with Gasteiger partial charge in [-0.2, -0.15) is 5.26 Å². The summed E-state index contributed by atoms with van der Waals surface area (Å²) >= 11 is 0. The number of fused-ring (bicyclic) bond motifs is 4. The maximum Gasteiger partial charge on any atom is 0.290 e. The topological polar surface area (TPSA) is 290 Å². The van der Waals surface area contributed by atoms with Gasteiger partial charge in [-0.25, -0.2) is 37.5 Å². The molecule has 11 aliphatic rings. The first-order valence-corrected chi connectivity index (χ1v) is 52.4. The summed E-state index contributed by atoms with van der Waals surface area (Å²) < 4.78 is 79.0. The second kappa shape index (κ2) is 36.2. The fourth-order valence-corrected chi connectivity index (χ4v) is 22.5. The molecule has 25 nitrogen and oxygen atoms in total. The minimum absolute atomic E-state index is 0.00186. The Labute approximate surface area is 860 Å². The van der Waals surface area contributed by atoms with Crippen molar-refractivity contribution in [3.63, 3.8) is 0 Å². The van der Waals surface area contributed by atoms with E-state index >= 15 is 0 Å². The minimum atomic E-state index is -0.871. The summed E-state index contributed by atoms with van der Waals surface area (Å²) in [7, 11) is 0. The molecule has 0 atom stereocenters. The van der Waals surface area contributed by atoms with Crippen molar-refractivity contribution >= 4 is 91.7 Å². The zero-order chi connectivity index (χ0) is 106. The number of carbonyl (C=O) groups excluding carboxylic acids is 8. The third-order valence-electron chi connectivity index (χ3n) is 34.7. The molecule has 8 aromatic heterocycles. The number of benzene rings is 4. The maximum absolute atomic E-state index is 13.8. The molecule has 8 amide bonds. The number of nitrogens with zero attached hydrogens (tertiary/aromatic N) is 13. The van der Waals surface area contributed by atoms with E-state index in [1.54, 1.807) is 82.6 Å². The van der Waals surface area contributed by atoms with E-state index in [9.17, 15) is 61.2 Å². The van der Waals surface area contributed by atoms with Gasteiger partial charge in [0, 0.05) is 165 Å². The van der Waals surface area contributed by atoms with E-state index in [1.165, 1.54) is 48.5 Å². The summed E-state index contributed by atoms with van der Waals surface area (Å²) in [5, 5.41) is 9.44. The number of furan rings is 4. The van der Waals surface area contributed by atoms with Gasteiger partial charge in [-0.05, 0) is 293 Å². The van der Waals surface area contributed by atoms with Gasteiger partial charge in [0.25, 0.3) is 23.6 Å². The predicted molar refractivity (Wildman–Crippen MR) is 556 cm³/mol. The highest BCUT2D eigenvalue weighted by Gasteiger charge is 2.69. The van der Waals surface area contributed by atoms with Gasteiger partial charge in [0.1, 0.15) is 50.8 Å². The SMILES string of the molecule is CC1(c2cc(-c3ccc(F)cc3)nc3cc(C(=O)N4CCN(C(=O)C5(C#N)CC5)CC4(C)C)oc23)CC1.CC1(c2cc(-c3ccc(F)cc3)nc3cc(C(=O)N4CCN(C(=O)C5C(C)(C)C5(C)C)CC4(C)C)oc23)CC1.CC1(c2cc(-c3ccc(F)cc3)nc3cc(C(=O)N4CCN(C(=O)C5CC5)CC4(C)C)oc23)CC1.CCC(C)(C)C(=O)N1CCN(C(=O)c2cc3nc(-c4ccc(F)cc4)cc(C4(C)CC4)c3o2)C(C)(C)C1. The zero-order valence-corrected chi connectivity index (χ0v) is 88.4. The highest BCUT2D eigenvalue weighted by Crippen LogP contribution is 2.69. The third kappa shape index (κ3) is 19.0. The van der Waals surface area contributed by atoms with Gasteiger partial charge < -0.3 is 56.9 Å². The second-order valence-corrected chi connectivity index (χ2v) is 48.9. The van der Waals surface area contributed by atoms with E-state index in [-0.39, 0.29) is 138 Å². The molecule has 12 aromatic rings. The van der Waals surface area contributed by atoms with Crippen LogP contribution in [0.4, 0.5) is 17.6 Å². The molecule has 11 fully saturated rings. The molecule has 148 heavy (non-hydrogen) atoms. The van der Waals surface area contributed by atoms with E-state index in [4.69, 9.17) is 37.6 Å². The number of amides is 8. The molecule has 0 spiro atoms. The standard InChI is InChI=1S/C32H38FN3O3.C30H36FN3O3.C29H29FN4O3.C28H30FN3O3/c1-29(2)18-35(28(38)26-30(3,4)31(26,5)6)14-15-36(29)27(37)24-17-23-25(39-24)21(32(7)12-13-32)16-22(34-23)19-8-10-20(33)11-9-19;1-7-28(2,3)27(36)33-14-15-34(29(4,5)18-33)26(35)24-17-23-25(37-24)21(30(6)12-13-30)16-22(32-23)19-8-10-20(31)11-9-19;1-27(2)17-33(26(36)29(16-31)10-11-29)12-13-34(27)25(35)23-15-22-24(37-23)20(28(3)8-9-28)14-21(32-22)18-4-6-19(30)7-5-18;1-27(2)16-31(25(33)18-4-5-18)12-13-32(27)26(34)23-15-22-24(35-23)20(28(3)10-11-28)14-21(30-22)17-6-8-19(29)9-7-17/h8-11,16-17,26H,12-15,18H2,1-7H3;8-11,16-17H,7,12-15,18H2,1-6H3;4-7,14-15H,8-13,17H2,1-3H3;6-9,14-15,18H,4-5,10-13,16H2,1-3H3. The van der Waals surface area contributed by atoms with Crippen molar-refractivity contribution in [2.24, 2.45) is 33.5 Å². The van der Waals surface area contributed by atoms with Crippen LogP contribution in [0.1, 0.15) is 279 Å². The average molecular weight is 2010 g/mol. The lowest BCUT2D eigenvalue weighted by Crippen LogP contribution is -2.63. The zero-order valence-electron chi connectivity index (χ0n) is 88.4. The Morgan fingerprint density at radius 2 is 0.601 bits per heavy atom. The molecule has 774 valence electrons. The van der Waals surface area contributed by atoms with E-state index < -0.39 is 33.0 Å². The van der Waals surface area contributed by atoms with E-state index in [0.717, 1.165) is 138 Å². The Bertz CT molecular complexity index is 7410. The van der Waals surface area contributed by atoms with Gasteiger partial charge in [-0.15, -0.1) is 0 Å². The van der Waals surface area contributed by atoms with Crippen LogP contribution in [0.15, 0.2) is 163 Å². The highest BCUT2D eigenvalue weighted by atomic mass is 19.1. The summed E-state index contributed by atoms with van der Waals surface area (Å²) in [6, 6.07) is 42.3. The number of pyridine rings is 4. The molecular weight excluding hydrogens is 1880 g/mol. The molecule has 0 radical (unpaired) electrons. The first-order valence-electron chi connectivity index (χ1n) is 52.4. The molecule has 4 aliphatic heterocycles. The highest BCUT2D eigenvalue weighted by molar-refractivity contribution is 6.02. The molecular formula is C119H133F4N13O12. The van der Waals surface area contributed by atoms with Crippen LogP contribution < -0.4 is 0 Å². The van der Waals surface area contributed by atoms with E-state index in [2.05, 4.69) is 61.5 Å². The second-order valence-electron chi connectivity index (χ2n) is 48.9. The van der Waals surface area contributed by atoms with Crippen molar-refractivity contribution in [1.29, 1.82) is 5.26 Å². The van der Waals surface area contributed by atoms with Crippen molar-refractivity contribution < 1.29 is 73.6 Å². The Morgan fingerprint density at radius 1 is 0.351 bits per heavy atom. The third-order valence-corrected chi connectivity index (χ3v) is 34.7. The van der Waals surface area contributed by atoms with Crippen LogP contribution in [-0.4, -0.2) is 207 Å². The van der Waals surface area contributed by atoms with E-state index in [1.807, 2.05) is 130 Å². The largest absolute Gasteiger partial charge is 0.449 e. The molecule has 4 aromatic carbocycles. The van der Waals surface area contributed by atoms with Crippen molar-refractivity contribution in [1.82, 2.24) is 59.1 Å². The lowest BCUT2D eigenvalue weighted by molar-refractivity contribution is -0.145. The maximum atomic E-state index is 13.8. The lowest BCUT2D eigenvalue weighted by atomic mass is 9.87. The van der Waals surface area contributed by atoms with Crippen LogP contribution in [0.5, 0.6) is 0 Å². The summed E-state index contributed by atoms with van der Waals surface area (Å²) in [6.07, 6.45) is 12.2. The number of hydrogen-bond acceptors (Lipinski definition) is 17. The number of carbonyl (C=O) groups is 8. The van der Waals surface area contributed by atoms with Gasteiger partial charge in [0.2, 0.25) is 23.6 Å². The smallest absolute Gasteiger partial charge is 0.290 e. The van der Waals surface area contributed by atoms with Crippen molar-refractivity contribution in [3.05, 3.63) is 214 Å². The monoisotopic (exact) mass is 2010 g/mol. The van der Waals surface area contributed by atoms with Crippen LogP contribution >= 0.6 is 0 Å². The van der Waals surface area contributed by atoms with Gasteiger partial charge in [-0.3, -0.25) is 38.4 Å². The number of aromatic nitrogens is 4. The number of hydrogen-bond donors (Lipinski definition) is 0. The molecule has 12 heterocycles. The Morgan fingerprint density at radius 3 is 0.838 bits per heavy atom. The molecule has 7 saturated carbocycles. The summed E-state index contributed by atoms with van der Waals surface area (Å²) in [4.78, 5) is 141. The molecule has 4 saturated heterocycles. The average Bonchev–Trinajstić information content (AvgIpc) is 1.52. The van der Waals surface area contributed by atoms with Crippen LogP contribution in [0.3, 0.4) is 0 Å². The summed E-state index contributed by atoms with van der Waals surface area (Å²) in [5.41, 5.74) is 11.7. The number of nitriles is 1. The van der Waals surface area contributed by atoms with Crippen LogP contribution in [0, 0.1) is 68.1 Å². The molecule has 7 aliphatic carbocycles. The van der Waals surface area contributed by atoms with Crippen molar-refractivity contribution in [3.8, 4) is 51.1 Å². The lowest BCUT2D eigenvalue weighted by Gasteiger charge is -2.48. The summed E-state index contributed by atoms with van der Waals surface area (Å²) in [6.45, 7) is 44.7. The van der Waals surface area contributed by atoms with Crippen molar-refractivity contribution in [2.45, 2.75) is 259 Å².